The van der Waals surface area contributed by atoms with E-state index in [1.54, 1.807) is 17.1 Å². The van der Waals surface area contributed by atoms with E-state index in [1.165, 1.54) is 0 Å². The molecule has 0 aliphatic carbocycles. The molecule has 4 amide bonds. The molecule has 3 heterocycles. The average Bonchev–Trinajstić information content (AvgIpc) is 3.15. The highest BCUT2D eigenvalue weighted by molar-refractivity contribution is 6.07. The molecule has 0 atom stereocenters. The van der Waals surface area contributed by atoms with Gasteiger partial charge < -0.3 is 10.2 Å². The van der Waals surface area contributed by atoms with Crippen LogP contribution in [0.1, 0.15) is 29.8 Å². The molecule has 8 heteroatoms. The van der Waals surface area contributed by atoms with Crippen molar-refractivity contribution < 1.29 is 14.4 Å². The fourth-order valence-corrected chi connectivity index (χ4v) is 3.97. The molecule has 1 aromatic carbocycles. The number of nitrogens with one attached hydrogen (secondary N) is 2. The number of aromatic nitrogens is 2. The highest BCUT2D eigenvalue weighted by Crippen LogP contribution is 2.26. The third kappa shape index (κ3) is 3.41. The maximum absolute atomic E-state index is 12.6. The van der Waals surface area contributed by atoms with Crippen LogP contribution >= 0.6 is 0 Å². The van der Waals surface area contributed by atoms with Gasteiger partial charge in [-0.1, -0.05) is 18.2 Å². The molecule has 0 bridgehead atoms. The average molecular weight is 393 g/mol. The highest BCUT2D eigenvalue weighted by Gasteiger charge is 2.48. The molecular weight excluding hydrogens is 370 g/mol. The molecule has 29 heavy (non-hydrogen) atoms. The molecule has 0 radical (unpaired) electrons. The van der Waals surface area contributed by atoms with E-state index in [0.717, 1.165) is 22.6 Å². The second kappa shape index (κ2) is 7.20. The van der Waals surface area contributed by atoms with Crippen molar-refractivity contribution in [3.63, 3.8) is 0 Å². The van der Waals surface area contributed by atoms with E-state index in [0.29, 0.717) is 25.9 Å². The quantitative estimate of drug-likeness (QED) is 0.613. The lowest BCUT2D eigenvalue weighted by molar-refractivity contribution is -0.132. The van der Waals surface area contributed by atoms with Gasteiger partial charge in [0.2, 0.25) is 5.91 Å². The van der Waals surface area contributed by atoms with E-state index >= 15 is 0 Å². The summed E-state index contributed by atoms with van der Waals surface area (Å²) in [5, 5.41) is 9.57. The largest absolute Gasteiger partial charge is 0.339 e. The van der Waals surface area contributed by atoms with Crippen molar-refractivity contribution in [2.45, 2.75) is 32.2 Å². The van der Waals surface area contributed by atoms with Crippen molar-refractivity contribution in [2.24, 2.45) is 0 Å². The Bertz CT molecular complexity index is 1000. The minimum atomic E-state index is -0.873. The molecule has 1 aromatic heterocycles. The second-order valence-electron chi connectivity index (χ2n) is 7.48. The minimum absolute atomic E-state index is 0.115. The van der Waals surface area contributed by atoms with E-state index in [1.807, 2.05) is 48.9 Å². The minimum Gasteiger partial charge on any atom is -0.339 e. The van der Waals surface area contributed by atoms with Gasteiger partial charge in [-0.25, -0.2) is 9.48 Å². The topological polar surface area (TPSA) is 96.3 Å². The summed E-state index contributed by atoms with van der Waals surface area (Å²) in [4.78, 5) is 37.8. The smallest absolute Gasteiger partial charge is 0.322 e. The first-order valence-corrected chi connectivity index (χ1v) is 9.62. The second-order valence-corrected chi connectivity index (χ2v) is 7.48. The van der Waals surface area contributed by atoms with Crippen molar-refractivity contribution in [1.29, 1.82) is 0 Å². The van der Waals surface area contributed by atoms with E-state index in [4.69, 9.17) is 0 Å². The molecular formula is C21H23N5O3. The number of carbonyl (C=O) groups excluding carboxylic acids is 3. The van der Waals surface area contributed by atoms with Crippen LogP contribution in [0.2, 0.25) is 0 Å². The molecule has 0 saturated carbocycles. The number of piperidine rings is 1. The van der Waals surface area contributed by atoms with Gasteiger partial charge in [-0.2, -0.15) is 5.10 Å². The molecule has 8 nitrogen and oxygen atoms in total. The molecule has 2 aliphatic heterocycles. The summed E-state index contributed by atoms with van der Waals surface area (Å²) in [6.07, 6.45) is 4.17. The van der Waals surface area contributed by atoms with Crippen LogP contribution in [-0.2, 0) is 9.59 Å². The van der Waals surface area contributed by atoms with Crippen LogP contribution in [0, 0.1) is 13.8 Å². The molecule has 2 saturated heterocycles. The number of benzene rings is 1. The first-order chi connectivity index (χ1) is 13.9. The van der Waals surface area contributed by atoms with E-state index in [-0.39, 0.29) is 11.8 Å². The monoisotopic (exact) mass is 393 g/mol. The Labute approximate surface area is 168 Å². The Hall–Kier alpha value is -3.42. The lowest BCUT2D eigenvalue weighted by atomic mass is 9.87. The Balaban J connectivity index is 1.45. The Kier molecular flexibility index (Phi) is 4.70. The van der Waals surface area contributed by atoms with E-state index < -0.39 is 11.6 Å². The predicted octanol–water partition coefficient (Wildman–Crippen LogP) is 1.70. The van der Waals surface area contributed by atoms with Crippen molar-refractivity contribution in [2.75, 3.05) is 13.1 Å². The highest BCUT2D eigenvalue weighted by atomic mass is 16.2. The summed E-state index contributed by atoms with van der Waals surface area (Å²) in [5.74, 6) is -0.416. The zero-order chi connectivity index (χ0) is 20.6. The molecule has 4 rings (SSSR count). The summed E-state index contributed by atoms with van der Waals surface area (Å²) >= 11 is 0. The van der Waals surface area contributed by atoms with Crippen molar-refractivity contribution >= 4 is 23.9 Å². The third-order valence-corrected chi connectivity index (χ3v) is 5.68. The number of hydrogen-bond donors (Lipinski definition) is 2. The van der Waals surface area contributed by atoms with Crippen LogP contribution in [-0.4, -0.2) is 51.2 Å². The molecule has 2 fully saturated rings. The molecule has 0 unspecified atom stereocenters. The van der Waals surface area contributed by atoms with Gasteiger partial charge in [0.15, 0.2) is 0 Å². The molecule has 2 N–H and O–H groups in total. The predicted molar refractivity (Wildman–Crippen MR) is 107 cm³/mol. The molecule has 1 spiro atoms. The Morgan fingerprint density at radius 2 is 1.83 bits per heavy atom. The van der Waals surface area contributed by atoms with Gasteiger partial charge >= 0.3 is 6.03 Å². The number of amides is 4. The van der Waals surface area contributed by atoms with Crippen LogP contribution in [0.15, 0.2) is 36.4 Å². The number of para-hydroxylation sites is 1. The number of carbonyl (C=O) groups is 3. The van der Waals surface area contributed by atoms with Gasteiger partial charge in [0.05, 0.1) is 11.4 Å². The number of likely N-dealkylation sites (tertiary alicyclic amines) is 1. The molecule has 150 valence electrons. The van der Waals surface area contributed by atoms with Gasteiger partial charge in [-0.15, -0.1) is 0 Å². The number of imide groups is 1. The van der Waals surface area contributed by atoms with Gasteiger partial charge in [-0.05, 0) is 44.9 Å². The Morgan fingerprint density at radius 3 is 2.45 bits per heavy atom. The lowest BCUT2D eigenvalue weighted by Gasteiger charge is -2.36. The maximum atomic E-state index is 12.6. The number of aryl methyl sites for hydroxylation is 1. The van der Waals surface area contributed by atoms with Crippen molar-refractivity contribution in [3.8, 4) is 5.69 Å². The van der Waals surface area contributed by atoms with Gasteiger partial charge in [0, 0.05) is 30.4 Å². The van der Waals surface area contributed by atoms with Crippen LogP contribution in [0.3, 0.4) is 0 Å². The Morgan fingerprint density at radius 1 is 1.14 bits per heavy atom. The fourth-order valence-electron chi connectivity index (χ4n) is 3.97. The van der Waals surface area contributed by atoms with Crippen LogP contribution in [0.4, 0.5) is 4.79 Å². The number of hydrogen-bond acceptors (Lipinski definition) is 4. The van der Waals surface area contributed by atoms with E-state index in [2.05, 4.69) is 15.7 Å². The van der Waals surface area contributed by atoms with Crippen LogP contribution in [0.25, 0.3) is 11.8 Å². The van der Waals surface area contributed by atoms with Crippen LogP contribution in [0.5, 0.6) is 0 Å². The molecule has 2 aromatic rings. The fraction of sp³-hybridized carbons (Fsp3) is 0.333. The summed E-state index contributed by atoms with van der Waals surface area (Å²) in [6.45, 7) is 4.72. The third-order valence-electron chi connectivity index (χ3n) is 5.68. The summed E-state index contributed by atoms with van der Waals surface area (Å²) < 4.78 is 1.87. The summed E-state index contributed by atoms with van der Waals surface area (Å²) in [7, 11) is 0. The van der Waals surface area contributed by atoms with Gasteiger partial charge in [0.25, 0.3) is 5.91 Å². The lowest BCUT2D eigenvalue weighted by Crippen LogP contribution is -2.55. The molecule has 2 aliphatic rings. The summed E-state index contributed by atoms with van der Waals surface area (Å²) in [5.41, 5.74) is 2.82. The van der Waals surface area contributed by atoms with E-state index in [9.17, 15) is 14.4 Å². The zero-order valence-corrected chi connectivity index (χ0v) is 16.4. The van der Waals surface area contributed by atoms with Crippen LogP contribution < -0.4 is 10.6 Å². The van der Waals surface area contributed by atoms with Gasteiger partial charge in [0.1, 0.15) is 5.54 Å². The first kappa shape index (κ1) is 18.9. The number of urea groups is 1. The summed E-state index contributed by atoms with van der Waals surface area (Å²) in [6, 6.07) is 9.38. The zero-order valence-electron chi connectivity index (χ0n) is 16.4. The van der Waals surface area contributed by atoms with Gasteiger partial charge in [-0.3, -0.25) is 14.9 Å². The van der Waals surface area contributed by atoms with Crippen molar-refractivity contribution in [3.05, 3.63) is 53.4 Å². The first-order valence-electron chi connectivity index (χ1n) is 9.62. The number of nitrogens with zero attached hydrogens (tertiary/aromatic N) is 3. The SMILES string of the molecule is Cc1nn(-c2ccccc2)c(C)c1C=CC(=O)N1CCC2(CC1)NC(=O)NC2=O. The maximum Gasteiger partial charge on any atom is 0.322 e. The normalized spacial score (nSPS) is 18.3. The van der Waals surface area contributed by atoms with Crippen molar-refractivity contribution in [1.82, 2.24) is 25.3 Å². The number of rotatable bonds is 3. The standard InChI is InChI=1S/C21H23N5O3/c1-14-17(15(2)26(24-14)16-6-4-3-5-7-16)8-9-18(27)25-12-10-21(11-13-25)19(28)22-20(29)23-21/h3-9H,10-13H2,1-2H3,(H2,22,23,28,29).